The molecule has 0 bridgehead atoms. The molecule has 4 nitrogen and oxygen atoms in total. The Morgan fingerprint density at radius 2 is 2.11 bits per heavy atom. The summed E-state index contributed by atoms with van der Waals surface area (Å²) in [5, 5.41) is 8.82. The third-order valence-corrected chi connectivity index (χ3v) is 2.81. The van der Waals surface area contributed by atoms with E-state index in [0.717, 1.165) is 5.56 Å². The van der Waals surface area contributed by atoms with Crippen molar-refractivity contribution >= 4 is 5.97 Å². The van der Waals surface area contributed by atoms with Gasteiger partial charge in [0.05, 0.1) is 5.92 Å². The zero-order valence-electron chi connectivity index (χ0n) is 10.2. The summed E-state index contributed by atoms with van der Waals surface area (Å²) in [5.74, 6) is -0.688. The average Bonchev–Trinajstić information content (AvgIpc) is 2.77. The summed E-state index contributed by atoms with van der Waals surface area (Å²) in [4.78, 5) is 10.7. The van der Waals surface area contributed by atoms with Crippen LogP contribution in [0, 0.1) is 5.92 Å². The normalized spacial score (nSPS) is 19.6. The maximum Gasteiger partial charge on any atom is 0.306 e. The second-order valence-electron chi connectivity index (χ2n) is 4.40. The molecule has 0 saturated heterocycles. The van der Waals surface area contributed by atoms with Gasteiger partial charge >= 0.3 is 5.97 Å². The van der Waals surface area contributed by atoms with Crippen LogP contribution in [-0.2, 0) is 20.7 Å². The van der Waals surface area contributed by atoms with E-state index in [1.54, 1.807) is 6.92 Å². The topological polar surface area (TPSA) is 55.8 Å². The predicted molar refractivity (Wildman–Crippen MR) is 65.6 cm³/mol. The van der Waals surface area contributed by atoms with Gasteiger partial charge < -0.3 is 14.6 Å². The van der Waals surface area contributed by atoms with Gasteiger partial charge in [-0.1, -0.05) is 37.3 Å². The Labute approximate surface area is 106 Å². The van der Waals surface area contributed by atoms with Crippen LogP contribution in [0.3, 0.4) is 0 Å². The lowest BCUT2D eigenvalue weighted by molar-refractivity contribution is -0.141. The molecule has 0 saturated carbocycles. The number of carboxylic acids is 1. The summed E-state index contributed by atoms with van der Waals surface area (Å²) in [6.07, 6.45) is 2.19. The van der Waals surface area contributed by atoms with E-state index in [2.05, 4.69) is 0 Å². The van der Waals surface area contributed by atoms with Gasteiger partial charge in [0.1, 0.15) is 12.0 Å². The van der Waals surface area contributed by atoms with Crippen molar-refractivity contribution in [2.45, 2.75) is 26.1 Å². The molecule has 0 spiro atoms. The highest BCUT2D eigenvalue weighted by Crippen LogP contribution is 2.23. The molecule has 1 aliphatic heterocycles. The molecule has 1 N–H and O–H groups in total. The summed E-state index contributed by atoms with van der Waals surface area (Å²) < 4.78 is 10.9. The Hall–Kier alpha value is -1.97. The van der Waals surface area contributed by atoms with E-state index in [1.165, 1.54) is 6.26 Å². The van der Waals surface area contributed by atoms with Crippen molar-refractivity contribution in [3.63, 3.8) is 0 Å². The molecule has 0 fully saturated rings. The molecule has 4 heteroatoms. The van der Waals surface area contributed by atoms with Gasteiger partial charge in [-0.25, -0.2) is 0 Å². The number of carboxylic acid groups (broad SMARTS) is 1. The maximum absolute atomic E-state index is 10.7. The highest BCUT2D eigenvalue weighted by atomic mass is 16.7. The lowest BCUT2D eigenvalue weighted by atomic mass is 10.1. The minimum Gasteiger partial charge on any atom is -0.481 e. The molecule has 0 aliphatic carbocycles. The first-order valence-corrected chi connectivity index (χ1v) is 5.93. The van der Waals surface area contributed by atoms with Gasteiger partial charge in [-0.05, 0) is 5.56 Å². The Morgan fingerprint density at radius 3 is 2.78 bits per heavy atom. The third-order valence-electron chi connectivity index (χ3n) is 2.81. The van der Waals surface area contributed by atoms with Crippen molar-refractivity contribution in [3.8, 4) is 0 Å². The quantitative estimate of drug-likeness (QED) is 0.870. The number of hydrogen-bond acceptors (Lipinski definition) is 3. The Bertz CT molecular complexity index is 438. The lowest BCUT2D eigenvalue weighted by Crippen LogP contribution is -2.14. The fraction of sp³-hybridized carbons (Fsp3) is 0.357. The molecule has 1 aromatic rings. The highest BCUT2D eigenvalue weighted by Gasteiger charge is 2.23. The van der Waals surface area contributed by atoms with Crippen LogP contribution in [-0.4, -0.2) is 17.4 Å². The van der Waals surface area contributed by atoms with Crippen molar-refractivity contribution in [1.82, 2.24) is 0 Å². The molecule has 18 heavy (non-hydrogen) atoms. The van der Waals surface area contributed by atoms with Crippen molar-refractivity contribution < 1.29 is 19.4 Å². The zero-order valence-corrected chi connectivity index (χ0v) is 10.2. The molecule has 1 unspecified atom stereocenters. The van der Waals surface area contributed by atoms with Crippen LogP contribution >= 0.6 is 0 Å². The lowest BCUT2D eigenvalue weighted by Gasteiger charge is -2.12. The van der Waals surface area contributed by atoms with Gasteiger partial charge in [0, 0.05) is 12.8 Å². The average molecular weight is 248 g/mol. The number of benzene rings is 1. The summed E-state index contributed by atoms with van der Waals surface area (Å²) >= 11 is 0. The zero-order chi connectivity index (χ0) is 13.0. The Balaban J connectivity index is 1.82. The number of rotatable bonds is 5. The number of aliphatic carboxylic acids is 1. The first kappa shape index (κ1) is 12.5. The number of hydrogen-bond donors (Lipinski definition) is 1. The molecule has 1 heterocycles. The van der Waals surface area contributed by atoms with Crippen LogP contribution in [0.1, 0.15) is 18.9 Å². The van der Waals surface area contributed by atoms with Crippen LogP contribution in [0.5, 0.6) is 0 Å². The number of allylic oxidation sites excluding steroid dienone is 1. The van der Waals surface area contributed by atoms with E-state index in [9.17, 15) is 4.79 Å². The van der Waals surface area contributed by atoms with Crippen molar-refractivity contribution in [2.24, 2.45) is 5.92 Å². The third kappa shape index (κ3) is 3.26. The monoisotopic (exact) mass is 248 g/mol. The molecule has 1 aromatic carbocycles. The largest absolute Gasteiger partial charge is 0.481 e. The Morgan fingerprint density at radius 1 is 1.39 bits per heavy atom. The molecule has 1 aliphatic rings. The fourth-order valence-electron chi connectivity index (χ4n) is 1.76. The molecule has 0 aromatic heterocycles. The predicted octanol–water partition coefficient (Wildman–Crippen LogP) is 2.55. The molecule has 0 radical (unpaired) electrons. The van der Waals surface area contributed by atoms with Gasteiger partial charge in [0.15, 0.2) is 0 Å². The number of carbonyl (C=O) groups is 1. The maximum atomic E-state index is 10.7. The summed E-state index contributed by atoms with van der Waals surface area (Å²) in [5.41, 5.74) is 1.13. The van der Waals surface area contributed by atoms with Gasteiger partial charge in [-0.15, -0.1) is 0 Å². The van der Waals surface area contributed by atoms with Crippen molar-refractivity contribution in [2.75, 3.05) is 0 Å². The van der Waals surface area contributed by atoms with E-state index in [0.29, 0.717) is 18.6 Å². The van der Waals surface area contributed by atoms with E-state index in [4.69, 9.17) is 14.6 Å². The summed E-state index contributed by atoms with van der Waals surface area (Å²) in [6.45, 7) is 1.65. The first-order chi connectivity index (χ1) is 8.65. The van der Waals surface area contributed by atoms with Crippen molar-refractivity contribution in [3.05, 3.63) is 47.9 Å². The Kier molecular flexibility index (Phi) is 3.87. The molecule has 96 valence electrons. The summed E-state index contributed by atoms with van der Waals surface area (Å²) in [6, 6.07) is 9.89. The molecular formula is C14H16O4. The second kappa shape index (κ2) is 5.58. The molecule has 2 atom stereocenters. The van der Waals surface area contributed by atoms with Crippen LogP contribution in [0.4, 0.5) is 0 Å². The van der Waals surface area contributed by atoms with Gasteiger partial charge in [0.2, 0.25) is 6.29 Å². The van der Waals surface area contributed by atoms with E-state index in [1.807, 2.05) is 30.3 Å². The fourth-order valence-corrected chi connectivity index (χ4v) is 1.76. The highest BCUT2D eigenvalue weighted by molar-refractivity contribution is 5.69. The minimum atomic E-state index is -0.828. The van der Waals surface area contributed by atoms with Crippen LogP contribution < -0.4 is 0 Å². The summed E-state index contributed by atoms with van der Waals surface area (Å²) in [7, 11) is 0. The first-order valence-electron chi connectivity index (χ1n) is 5.93. The number of ether oxygens (including phenoxy) is 2. The van der Waals surface area contributed by atoms with Crippen LogP contribution in [0.15, 0.2) is 42.4 Å². The van der Waals surface area contributed by atoms with E-state index in [-0.39, 0.29) is 6.29 Å². The minimum absolute atomic E-state index is 0.344. The molecule has 0 amide bonds. The van der Waals surface area contributed by atoms with Crippen LogP contribution in [0.2, 0.25) is 0 Å². The van der Waals surface area contributed by atoms with Gasteiger partial charge in [-0.3, -0.25) is 4.79 Å². The van der Waals surface area contributed by atoms with E-state index >= 15 is 0 Å². The van der Waals surface area contributed by atoms with Crippen LogP contribution in [0.25, 0.3) is 0 Å². The molecule has 2 rings (SSSR count). The second-order valence-corrected chi connectivity index (χ2v) is 4.40. The smallest absolute Gasteiger partial charge is 0.306 e. The molecular weight excluding hydrogens is 232 g/mol. The van der Waals surface area contributed by atoms with Gasteiger partial charge in [-0.2, -0.15) is 0 Å². The SMILES string of the molecule is C[C@H](CC1=COC(Cc2ccccc2)O1)C(=O)O. The standard InChI is InChI=1S/C14H16O4/c1-10(14(15)16)7-12-9-17-13(18-12)8-11-5-3-2-4-6-11/h2-6,9-10,13H,7-8H2,1H3,(H,15,16)/t10-,13?/m1/s1. The van der Waals surface area contributed by atoms with Crippen molar-refractivity contribution in [1.29, 1.82) is 0 Å². The van der Waals surface area contributed by atoms with Gasteiger partial charge in [0.25, 0.3) is 0 Å². The van der Waals surface area contributed by atoms with E-state index < -0.39 is 11.9 Å².